The molecule has 22 heavy (non-hydrogen) atoms. The largest absolute Gasteiger partial charge is 0.472 e. The second kappa shape index (κ2) is 6.17. The van der Waals surface area contributed by atoms with Crippen LogP contribution in [0.4, 0.5) is 0 Å². The van der Waals surface area contributed by atoms with Crippen molar-refractivity contribution >= 4 is 29.5 Å². The molecule has 7 heteroatoms. The molecule has 1 unspecified atom stereocenters. The molecule has 0 bridgehead atoms. The molecule has 112 valence electrons. The van der Waals surface area contributed by atoms with Crippen molar-refractivity contribution in [1.82, 2.24) is 5.32 Å². The first-order chi connectivity index (χ1) is 10.6. The molecule has 6 nitrogen and oxygen atoms in total. The molecular formula is C15H15BN2O4. The number of rotatable bonds is 4. The summed E-state index contributed by atoms with van der Waals surface area (Å²) in [6, 6.07) is 14.0. The molecule has 0 aromatic heterocycles. The Morgan fingerprint density at radius 1 is 1.27 bits per heavy atom. The van der Waals surface area contributed by atoms with Gasteiger partial charge in [0, 0.05) is 12.0 Å². The molecule has 3 rings (SSSR count). The van der Waals surface area contributed by atoms with Crippen LogP contribution in [0.25, 0.3) is 10.8 Å². The van der Waals surface area contributed by atoms with Gasteiger partial charge in [-0.2, -0.15) is 0 Å². The van der Waals surface area contributed by atoms with Crippen LogP contribution in [0.3, 0.4) is 0 Å². The van der Waals surface area contributed by atoms with E-state index in [4.69, 9.17) is 14.9 Å². The lowest BCUT2D eigenvalue weighted by molar-refractivity contribution is -0.130. The number of fused-ring (bicyclic) bond motifs is 1. The Balaban J connectivity index is 1.69. The number of amides is 1. The van der Waals surface area contributed by atoms with Crippen LogP contribution >= 0.6 is 0 Å². The standard InChI is InChI=1S/C15H15BN2O4/c19-15(17-9-16(20)21)14-8-13(18-22-14)12-6-5-10-3-1-2-4-11(10)7-12/h1-7,14,20-21H,8-9H2,(H,17,19). The van der Waals surface area contributed by atoms with E-state index in [1.807, 2.05) is 42.5 Å². The average molecular weight is 298 g/mol. The number of oxime groups is 1. The third kappa shape index (κ3) is 3.10. The first-order valence-electron chi connectivity index (χ1n) is 6.99. The highest BCUT2D eigenvalue weighted by molar-refractivity contribution is 6.41. The highest BCUT2D eigenvalue weighted by Gasteiger charge is 2.29. The molecule has 0 aliphatic carbocycles. The van der Waals surface area contributed by atoms with Gasteiger partial charge in [0.2, 0.25) is 6.10 Å². The van der Waals surface area contributed by atoms with Crippen LogP contribution in [0, 0.1) is 0 Å². The van der Waals surface area contributed by atoms with Crippen molar-refractivity contribution in [2.45, 2.75) is 12.5 Å². The van der Waals surface area contributed by atoms with E-state index in [-0.39, 0.29) is 6.44 Å². The lowest BCUT2D eigenvalue weighted by Gasteiger charge is -2.08. The van der Waals surface area contributed by atoms with Crippen molar-refractivity contribution < 1.29 is 19.7 Å². The molecule has 1 heterocycles. The van der Waals surface area contributed by atoms with Gasteiger partial charge in [-0.25, -0.2) is 0 Å². The van der Waals surface area contributed by atoms with Crippen LogP contribution in [0.15, 0.2) is 47.6 Å². The lowest BCUT2D eigenvalue weighted by Crippen LogP contribution is -2.41. The number of nitrogens with zero attached hydrogens (tertiary/aromatic N) is 1. The highest BCUT2D eigenvalue weighted by Crippen LogP contribution is 2.21. The number of hydrogen-bond acceptors (Lipinski definition) is 5. The lowest BCUT2D eigenvalue weighted by atomic mass is 9.92. The Morgan fingerprint density at radius 2 is 2.05 bits per heavy atom. The zero-order valence-electron chi connectivity index (χ0n) is 11.8. The summed E-state index contributed by atoms with van der Waals surface area (Å²) in [5.41, 5.74) is 1.62. The monoisotopic (exact) mass is 298 g/mol. The van der Waals surface area contributed by atoms with Gasteiger partial charge in [0.15, 0.2) is 0 Å². The van der Waals surface area contributed by atoms with Crippen LogP contribution in [0.5, 0.6) is 0 Å². The van der Waals surface area contributed by atoms with Crippen LogP contribution in [-0.4, -0.2) is 41.3 Å². The zero-order valence-corrected chi connectivity index (χ0v) is 11.8. The number of benzene rings is 2. The van der Waals surface area contributed by atoms with Gasteiger partial charge in [-0.3, -0.25) is 4.79 Å². The van der Waals surface area contributed by atoms with E-state index >= 15 is 0 Å². The molecule has 0 radical (unpaired) electrons. The Kier molecular flexibility index (Phi) is 4.08. The maximum atomic E-state index is 11.8. The summed E-state index contributed by atoms with van der Waals surface area (Å²) in [6.07, 6.45) is -0.615. The molecule has 0 spiro atoms. The van der Waals surface area contributed by atoms with E-state index in [1.54, 1.807) is 0 Å². The molecule has 1 aliphatic rings. The summed E-state index contributed by atoms with van der Waals surface area (Å²) in [6.45, 7) is 0. The molecule has 2 aromatic carbocycles. The summed E-state index contributed by atoms with van der Waals surface area (Å²) in [4.78, 5) is 16.9. The van der Waals surface area contributed by atoms with Crippen LogP contribution in [0.2, 0.25) is 0 Å². The van der Waals surface area contributed by atoms with Crippen LogP contribution in [-0.2, 0) is 9.63 Å². The first kappa shape index (κ1) is 14.6. The average Bonchev–Trinajstić information content (AvgIpc) is 3.02. The van der Waals surface area contributed by atoms with Crippen LogP contribution < -0.4 is 5.32 Å². The summed E-state index contributed by atoms with van der Waals surface area (Å²) in [7, 11) is -1.58. The summed E-state index contributed by atoms with van der Waals surface area (Å²) < 4.78 is 0. The Morgan fingerprint density at radius 3 is 2.82 bits per heavy atom. The smallest absolute Gasteiger partial charge is 0.426 e. The summed E-state index contributed by atoms with van der Waals surface area (Å²) in [5.74, 6) is -0.410. The zero-order chi connectivity index (χ0) is 15.5. The van der Waals surface area contributed by atoms with Gasteiger partial charge < -0.3 is 20.2 Å². The predicted molar refractivity (Wildman–Crippen MR) is 83.2 cm³/mol. The number of carbonyl (C=O) groups excluding carboxylic acids is 1. The molecule has 2 aromatic rings. The Labute approximate surface area is 127 Å². The van der Waals surface area contributed by atoms with Gasteiger partial charge in [-0.05, 0) is 16.8 Å². The molecule has 3 N–H and O–H groups in total. The SMILES string of the molecule is O=C(NCB(O)O)C1CC(c2ccc3ccccc3c2)=NO1. The minimum Gasteiger partial charge on any atom is -0.426 e. The van der Waals surface area contributed by atoms with E-state index in [0.717, 1.165) is 16.3 Å². The summed E-state index contributed by atoms with van der Waals surface area (Å²) >= 11 is 0. The number of hydrogen-bond donors (Lipinski definition) is 3. The van der Waals surface area contributed by atoms with Crippen LogP contribution in [0.1, 0.15) is 12.0 Å². The van der Waals surface area contributed by atoms with Crippen molar-refractivity contribution in [1.29, 1.82) is 0 Å². The number of carbonyl (C=O) groups is 1. The van der Waals surface area contributed by atoms with Crippen molar-refractivity contribution in [3.63, 3.8) is 0 Å². The van der Waals surface area contributed by atoms with Crippen molar-refractivity contribution in [3.05, 3.63) is 48.0 Å². The van der Waals surface area contributed by atoms with Crippen molar-refractivity contribution in [2.24, 2.45) is 5.16 Å². The molecule has 0 saturated carbocycles. The summed E-state index contributed by atoms with van der Waals surface area (Å²) in [5, 5.41) is 26.1. The minimum atomic E-state index is -1.58. The van der Waals surface area contributed by atoms with E-state index in [0.29, 0.717) is 12.1 Å². The molecule has 1 amide bonds. The first-order valence-corrected chi connectivity index (χ1v) is 6.99. The van der Waals surface area contributed by atoms with Gasteiger partial charge in [-0.1, -0.05) is 41.6 Å². The molecule has 1 atom stereocenters. The van der Waals surface area contributed by atoms with Crippen molar-refractivity contribution in [3.8, 4) is 0 Å². The fraction of sp³-hybridized carbons (Fsp3) is 0.200. The van der Waals surface area contributed by atoms with Gasteiger partial charge in [0.25, 0.3) is 5.91 Å². The Hall–Kier alpha value is -2.38. The number of nitrogens with one attached hydrogen (secondary N) is 1. The van der Waals surface area contributed by atoms with Gasteiger partial charge in [0.1, 0.15) is 0 Å². The van der Waals surface area contributed by atoms with E-state index in [1.165, 1.54) is 0 Å². The third-order valence-electron chi connectivity index (χ3n) is 3.50. The molecular weight excluding hydrogens is 283 g/mol. The van der Waals surface area contributed by atoms with Crippen molar-refractivity contribution in [2.75, 3.05) is 6.44 Å². The maximum absolute atomic E-state index is 11.8. The molecule has 1 aliphatic heterocycles. The fourth-order valence-corrected chi connectivity index (χ4v) is 2.36. The van der Waals surface area contributed by atoms with Gasteiger partial charge in [-0.15, -0.1) is 0 Å². The van der Waals surface area contributed by atoms with Gasteiger partial charge in [0.05, 0.1) is 12.2 Å². The molecule has 0 saturated heterocycles. The van der Waals surface area contributed by atoms with Gasteiger partial charge >= 0.3 is 7.12 Å². The minimum absolute atomic E-state index is 0.232. The van der Waals surface area contributed by atoms with E-state index in [2.05, 4.69) is 10.5 Å². The topological polar surface area (TPSA) is 91.2 Å². The quantitative estimate of drug-likeness (QED) is 0.715. The highest BCUT2D eigenvalue weighted by atomic mass is 16.6. The molecule has 0 fully saturated rings. The van der Waals surface area contributed by atoms with E-state index in [9.17, 15) is 4.79 Å². The predicted octanol–water partition coefficient (Wildman–Crippen LogP) is 0.461. The normalized spacial score (nSPS) is 17.0. The maximum Gasteiger partial charge on any atom is 0.472 e. The Bertz CT molecular complexity index is 732. The third-order valence-corrected chi connectivity index (χ3v) is 3.50. The van der Waals surface area contributed by atoms with E-state index < -0.39 is 19.1 Å². The second-order valence-corrected chi connectivity index (χ2v) is 5.12. The second-order valence-electron chi connectivity index (χ2n) is 5.12. The fourth-order valence-electron chi connectivity index (χ4n) is 2.36.